The van der Waals surface area contributed by atoms with E-state index in [1.165, 1.54) is 0 Å². The van der Waals surface area contributed by atoms with Crippen LogP contribution in [0.5, 0.6) is 0 Å². The summed E-state index contributed by atoms with van der Waals surface area (Å²) >= 11 is 0. The van der Waals surface area contributed by atoms with Gasteiger partial charge in [-0.3, -0.25) is 26.8 Å². The van der Waals surface area contributed by atoms with E-state index in [2.05, 4.69) is 0 Å². The van der Waals surface area contributed by atoms with Gasteiger partial charge < -0.3 is 14.2 Å². The van der Waals surface area contributed by atoms with Crippen LogP contribution in [0, 0.1) is 23.7 Å². The predicted octanol–water partition coefficient (Wildman–Crippen LogP) is -0.108. The molecule has 0 radical (unpaired) electrons. The summed E-state index contributed by atoms with van der Waals surface area (Å²) in [4.78, 5) is 37.7. The molecule has 0 aromatic rings. The van der Waals surface area contributed by atoms with E-state index in [4.69, 9.17) is 31.4 Å². The number of ether oxygens (including phenoxy) is 3. The minimum atomic E-state index is -2.14. The summed E-state index contributed by atoms with van der Waals surface area (Å²) in [5.41, 5.74) is 15.8. The second-order valence-electron chi connectivity index (χ2n) is 8.84. The van der Waals surface area contributed by atoms with Gasteiger partial charge in [0.1, 0.15) is 17.8 Å². The van der Waals surface area contributed by atoms with Crippen molar-refractivity contribution in [2.45, 2.75) is 75.5 Å². The zero-order valence-corrected chi connectivity index (χ0v) is 16.1. The Bertz CT molecular complexity index is 684. The molecule has 9 nitrogen and oxygen atoms in total. The van der Waals surface area contributed by atoms with Crippen LogP contribution >= 0.6 is 0 Å². The lowest BCUT2D eigenvalue weighted by Crippen LogP contribution is -2.65. The van der Waals surface area contributed by atoms with Crippen molar-refractivity contribution in [3.63, 3.8) is 0 Å². The highest BCUT2D eigenvalue weighted by molar-refractivity contribution is 5.86. The van der Waals surface area contributed by atoms with Gasteiger partial charge in [0.2, 0.25) is 5.79 Å². The van der Waals surface area contributed by atoms with Crippen LogP contribution < -0.4 is 17.2 Å². The predicted molar refractivity (Wildman–Crippen MR) is 95.8 cm³/mol. The minimum absolute atomic E-state index is 0.167. The lowest BCUT2D eigenvalue weighted by Gasteiger charge is -2.38. The van der Waals surface area contributed by atoms with E-state index < -0.39 is 47.4 Å². The number of fused-ring (bicyclic) bond motifs is 1. The summed E-state index contributed by atoms with van der Waals surface area (Å²) in [6.45, 7) is 2.02. The molecular formula is C19H29N3O6. The topological polar surface area (TPSA) is 157 Å². The van der Waals surface area contributed by atoms with Gasteiger partial charge in [-0.15, -0.1) is 0 Å². The van der Waals surface area contributed by atoms with Crippen molar-refractivity contribution in [2.24, 2.45) is 40.9 Å². The molecular weight excluding hydrogens is 366 g/mol. The Balaban J connectivity index is 1.55. The summed E-state index contributed by atoms with van der Waals surface area (Å²) in [6, 6.07) is 0. The molecule has 4 rings (SSSR count). The van der Waals surface area contributed by atoms with E-state index in [1.807, 2.05) is 6.92 Å². The molecule has 1 aliphatic heterocycles. The Hall–Kier alpha value is -1.71. The first-order chi connectivity index (χ1) is 13.2. The highest BCUT2D eigenvalue weighted by Crippen LogP contribution is 2.59. The molecule has 0 aromatic heterocycles. The molecule has 1 heterocycles. The molecule has 4 aliphatic rings. The largest absolute Gasteiger partial charge is 0.459 e. The number of rotatable bonds is 5. The van der Waals surface area contributed by atoms with E-state index in [1.54, 1.807) is 0 Å². The Morgan fingerprint density at radius 2 is 1.86 bits per heavy atom. The molecule has 6 unspecified atom stereocenters. The van der Waals surface area contributed by atoms with Gasteiger partial charge in [-0.25, -0.2) is 4.79 Å². The number of carbonyl (C=O) groups excluding carboxylic acids is 3. The maximum absolute atomic E-state index is 13.2. The third-order valence-corrected chi connectivity index (χ3v) is 7.14. The molecule has 28 heavy (non-hydrogen) atoms. The Kier molecular flexibility index (Phi) is 4.67. The van der Waals surface area contributed by atoms with Crippen molar-refractivity contribution in [1.29, 1.82) is 0 Å². The van der Waals surface area contributed by atoms with Gasteiger partial charge in [-0.1, -0.05) is 13.3 Å². The SMILES string of the molecule is CCC1(OC(=O)C2C3CC4C(OC(=O)C42)C3OC(=O)C(N)(N)N)CCCCC1. The second kappa shape index (κ2) is 6.67. The van der Waals surface area contributed by atoms with E-state index >= 15 is 0 Å². The first kappa shape index (κ1) is 19.6. The molecule has 6 N–H and O–H groups in total. The monoisotopic (exact) mass is 395 g/mol. The van der Waals surface area contributed by atoms with Crippen molar-refractivity contribution < 1.29 is 28.6 Å². The quantitative estimate of drug-likeness (QED) is 0.328. The summed E-state index contributed by atoms with van der Waals surface area (Å²) in [5.74, 6) is -5.69. The molecule has 3 saturated carbocycles. The zero-order chi connectivity index (χ0) is 20.3. The van der Waals surface area contributed by atoms with Crippen LogP contribution in [0.1, 0.15) is 51.9 Å². The number of nitrogens with two attached hydrogens (primary N) is 3. The molecule has 156 valence electrons. The summed E-state index contributed by atoms with van der Waals surface area (Å²) in [6.07, 6.45) is 4.81. The summed E-state index contributed by atoms with van der Waals surface area (Å²) < 4.78 is 16.9. The zero-order valence-electron chi connectivity index (χ0n) is 16.1. The number of esters is 3. The number of hydrogen-bond acceptors (Lipinski definition) is 9. The van der Waals surface area contributed by atoms with Gasteiger partial charge in [0.25, 0.3) is 0 Å². The summed E-state index contributed by atoms with van der Waals surface area (Å²) in [5, 5.41) is 0. The van der Waals surface area contributed by atoms with Crippen LogP contribution in [0.2, 0.25) is 0 Å². The average molecular weight is 395 g/mol. The highest BCUT2D eigenvalue weighted by Gasteiger charge is 2.70. The van der Waals surface area contributed by atoms with E-state index in [0.717, 1.165) is 38.5 Å². The third kappa shape index (κ3) is 3.00. The van der Waals surface area contributed by atoms with Crippen LogP contribution in [0.4, 0.5) is 0 Å². The second-order valence-corrected chi connectivity index (χ2v) is 8.84. The highest BCUT2D eigenvalue weighted by atomic mass is 16.6. The van der Waals surface area contributed by atoms with E-state index in [0.29, 0.717) is 6.42 Å². The average Bonchev–Trinajstić information content (AvgIpc) is 3.25. The van der Waals surface area contributed by atoms with Crippen LogP contribution in [-0.2, 0) is 28.6 Å². The van der Waals surface area contributed by atoms with Crippen molar-refractivity contribution in [3.8, 4) is 0 Å². The van der Waals surface area contributed by atoms with Gasteiger partial charge in [-0.2, -0.15) is 0 Å². The molecule has 4 fully saturated rings. The molecule has 2 bridgehead atoms. The van der Waals surface area contributed by atoms with Crippen molar-refractivity contribution in [2.75, 3.05) is 0 Å². The molecule has 1 saturated heterocycles. The number of carbonyl (C=O) groups is 3. The molecule has 9 heteroatoms. The lowest BCUT2D eigenvalue weighted by atomic mass is 9.77. The van der Waals surface area contributed by atoms with Gasteiger partial charge in [0.15, 0.2) is 0 Å². The van der Waals surface area contributed by atoms with Crippen LogP contribution in [-0.4, -0.2) is 41.5 Å². The Morgan fingerprint density at radius 3 is 2.46 bits per heavy atom. The van der Waals surface area contributed by atoms with E-state index in [-0.39, 0.29) is 17.8 Å². The molecule has 3 aliphatic carbocycles. The van der Waals surface area contributed by atoms with Gasteiger partial charge >= 0.3 is 17.9 Å². The van der Waals surface area contributed by atoms with Crippen LogP contribution in [0.3, 0.4) is 0 Å². The van der Waals surface area contributed by atoms with E-state index in [9.17, 15) is 14.4 Å². The molecule has 0 amide bonds. The first-order valence-electron chi connectivity index (χ1n) is 10.2. The smallest absolute Gasteiger partial charge is 0.356 e. The minimum Gasteiger partial charge on any atom is -0.459 e. The molecule has 0 spiro atoms. The van der Waals surface area contributed by atoms with Crippen LogP contribution in [0.15, 0.2) is 0 Å². The first-order valence-corrected chi connectivity index (χ1v) is 10.2. The Morgan fingerprint density at radius 1 is 1.18 bits per heavy atom. The fourth-order valence-corrected chi connectivity index (χ4v) is 5.70. The fraction of sp³-hybridized carbons (Fsp3) is 0.842. The maximum Gasteiger partial charge on any atom is 0.356 e. The van der Waals surface area contributed by atoms with Crippen LogP contribution in [0.25, 0.3) is 0 Å². The standard InChI is InChI=1S/C19H29N3O6/c1-2-18(6-4-3-5-7-18)28-16(24)12-10-8-9-11(12)15(23)26-13(9)14(10)27-17(25)19(20,21)22/h9-14H,2-8,20-22H2,1H3. The maximum atomic E-state index is 13.2. The summed E-state index contributed by atoms with van der Waals surface area (Å²) in [7, 11) is 0. The Labute approximate surface area is 163 Å². The lowest BCUT2D eigenvalue weighted by molar-refractivity contribution is -0.179. The van der Waals surface area contributed by atoms with Gasteiger partial charge in [0.05, 0.1) is 11.8 Å². The molecule has 0 aromatic carbocycles. The van der Waals surface area contributed by atoms with Crippen molar-refractivity contribution in [3.05, 3.63) is 0 Å². The fourth-order valence-electron chi connectivity index (χ4n) is 5.70. The molecule has 6 atom stereocenters. The van der Waals surface area contributed by atoms with Gasteiger partial charge in [-0.05, 0) is 38.5 Å². The third-order valence-electron chi connectivity index (χ3n) is 7.14. The van der Waals surface area contributed by atoms with Gasteiger partial charge in [0, 0.05) is 11.8 Å². The normalized spacial score (nSPS) is 38.2. The number of hydrogen-bond donors (Lipinski definition) is 3. The van der Waals surface area contributed by atoms with Crippen molar-refractivity contribution >= 4 is 17.9 Å². The van der Waals surface area contributed by atoms with Crippen molar-refractivity contribution in [1.82, 2.24) is 0 Å².